The molecular formula is C19H15NO3. The summed E-state index contributed by atoms with van der Waals surface area (Å²) in [6.07, 6.45) is 0.714. The van der Waals surface area contributed by atoms with E-state index < -0.39 is 11.7 Å². The Morgan fingerprint density at radius 2 is 1.61 bits per heavy atom. The van der Waals surface area contributed by atoms with Crippen LogP contribution in [0.15, 0.2) is 83.8 Å². The Hall–Kier alpha value is -3.14. The van der Waals surface area contributed by atoms with Gasteiger partial charge < -0.3 is 4.74 Å². The first-order valence-electron chi connectivity index (χ1n) is 7.23. The fraction of sp³-hybridized carbons (Fsp3) is 0.0526. The molecule has 3 aromatic rings. The summed E-state index contributed by atoms with van der Waals surface area (Å²) in [6, 6.07) is 22.2. The lowest BCUT2D eigenvalue weighted by atomic mass is 10.0. The second-order valence-electron chi connectivity index (χ2n) is 5.03. The Labute approximate surface area is 133 Å². The second kappa shape index (κ2) is 6.75. The highest BCUT2D eigenvalue weighted by Crippen LogP contribution is 2.20. The average molecular weight is 305 g/mol. The molecule has 0 saturated heterocycles. The first-order chi connectivity index (χ1) is 11.2. The van der Waals surface area contributed by atoms with Crippen molar-refractivity contribution in [2.24, 2.45) is 0 Å². The predicted molar refractivity (Wildman–Crippen MR) is 88.2 cm³/mol. The van der Waals surface area contributed by atoms with E-state index in [1.165, 1.54) is 12.3 Å². The third-order valence-electron chi connectivity index (χ3n) is 3.42. The molecule has 0 unspecified atom stereocenters. The molecule has 1 heterocycles. The third kappa shape index (κ3) is 3.55. The molecule has 0 fully saturated rings. The fourth-order valence-corrected chi connectivity index (χ4v) is 2.26. The van der Waals surface area contributed by atoms with Crippen molar-refractivity contribution in [2.75, 3.05) is 0 Å². The van der Waals surface area contributed by atoms with Gasteiger partial charge in [0.25, 0.3) is 5.56 Å². The number of pyridine rings is 1. The molecule has 0 saturated carbocycles. The normalized spacial score (nSPS) is 10.3. The molecule has 4 nitrogen and oxygen atoms in total. The van der Waals surface area contributed by atoms with Gasteiger partial charge in [-0.25, -0.2) is 9.36 Å². The molecule has 0 N–H and O–H groups in total. The molecule has 0 spiro atoms. The van der Waals surface area contributed by atoms with E-state index in [0.29, 0.717) is 0 Å². The van der Waals surface area contributed by atoms with Crippen molar-refractivity contribution in [2.45, 2.75) is 6.61 Å². The Morgan fingerprint density at radius 3 is 2.39 bits per heavy atom. The molecule has 0 atom stereocenters. The minimum Gasteiger partial charge on any atom is -0.444 e. The van der Waals surface area contributed by atoms with Crippen molar-refractivity contribution in [3.05, 3.63) is 94.9 Å². The van der Waals surface area contributed by atoms with Crippen molar-refractivity contribution in [3.63, 3.8) is 0 Å². The van der Waals surface area contributed by atoms with Gasteiger partial charge in [0, 0.05) is 12.3 Å². The van der Waals surface area contributed by atoms with Crippen LogP contribution in [0.3, 0.4) is 0 Å². The molecule has 0 aliphatic heterocycles. The number of carbonyl (C=O) groups is 1. The molecular weight excluding hydrogens is 290 g/mol. The largest absolute Gasteiger partial charge is 0.444 e. The summed E-state index contributed by atoms with van der Waals surface area (Å²) in [7, 11) is 0. The number of aromatic nitrogens is 1. The minimum absolute atomic E-state index is 0.112. The number of hydrogen-bond donors (Lipinski definition) is 0. The SMILES string of the molecule is O=C(OCc1cccc(-c2ccccc2)c1)n1ccccc1=O. The molecule has 4 heteroatoms. The van der Waals surface area contributed by atoms with E-state index in [-0.39, 0.29) is 6.61 Å². The first kappa shape index (κ1) is 14.8. The fourth-order valence-electron chi connectivity index (χ4n) is 2.26. The smallest absolute Gasteiger partial charge is 0.421 e. The summed E-state index contributed by atoms with van der Waals surface area (Å²) in [6.45, 7) is 0.112. The summed E-state index contributed by atoms with van der Waals surface area (Å²) in [5.74, 6) is 0. The van der Waals surface area contributed by atoms with E-state index in [1.54, 1.807) is 12.1 Å². The van der Waals surface area contributed by atoms with Crippen molar-refractivity contribution in [1.29, 1.82) is 0 Å². The number of ether oxygens (including phenoxy) is 1. The lowest BCUT2D eigenvalue weighted by molar-refractivity contribution is 0.140. The lowest BCUT2D eigenvalue weighted by Gasteiger charge is -2.08. The summed E-state index contributed by atoms with van der Waals surface area (Å²) in [4.78, 5) is 23.5. The summed E-state index contributed by atoms with van der Waals surface area (Å²) >= 11 is 0. The highest BCUT2D eigenvalue weighted by atomic mass is 16.5. The molecule has 0 amide bonds. The summed E-state index contributed by atoms with van der Waals surface area (Å²) in [5, 5.41) is 0. The molecule has 3 rings (SSSR count). The van der Waals surface area contributed by atoms with Crippen LogP contribution in [0.4, 0.5) is 4.79 Å². The van der Waals surface area contributed by atoms with E-state index in [4.69, 9.17) is 4.74 Å². The van der Waals surface area contributed by atoms with Gasteiger partial charge in [-0.2, -0.15) is 0 Å². The zero-order valence-corrected chi connectivity index (χ0v) is 12.4. The maximum Gasteiger partial charge on any atom is 0.421 e. The Kier molecular flexibility index (Phi) is 4.34. The van der Waals surface area contributed by atoms with Crippen LogP contribution in [0.5, 0.6) is 0 Å². The summed E-state index contributed by atoms with van der Waals surface area (Å²) in [5.41, 5.74) is 2.61. The van der Waals surface area contributed by atoms with Gasteiger partial charge in [0.15, 0.2) is 0 Å². The Morgan fingerprint density at radius 1 is 0.870 bits per heavy atom. The van der Waals surface area contributed by atoms with Gasteiger partial charge in [-0.05, 0) is 28.8 Å². The second-order valence-corrected chi connectivity index (χ2v) is 5.03. The van der Waals surface area contributed by atoms with Crippen LogP contribution in [-0.4, -0.2) is 10.7 Å². The highest BCUT2D eigenvalue weighted by molar-refractivity contribution is 5.70. The molecule has 0 aliphatic rings. The van der Waals surface area contributed by atoms with Gasteiger partial charge in [0.2, 0.25) is 0 Å². The number of benzene rings is 2. The van der Waals surface area contributed by atoms with Crippen LogP contribution in [-0.2, 0) is 11.3 Å². The standard InChI is InChI=1S/C19H15NO3/c21-18-11-4-5-12-20(18)19(22)23-14-15-7-6-10-17(13-15)16-8-2-1-3-9-16/h1-13H,14H2. The molecule has 0 radical (unpaired) electrons. The van der Waals surface area contributed by atoms with Gasteiger partial charge in [0.1, 0.15) is 6.61 Å². The van der Waals surface area contributed by atoms with Crippen molar-refractivity contribution >= 4 is 6.09 Å². The average Bonchev–Trinajstić information content (AvgIpc) is 2.61. The van der Waals surface area contributed by atoms with Gasteiger partial charge >= 0.3 is 6.09 Å². The van der Waals surface area contributed by atoms with E-state index in [9.17, 15) is 9.59 Å². The lowest BCUT2D eigenvalue weighted by Crippen LogP contribution is -2.26. The van der Waals surface area contributed by atoms with Crippen LogP contribution >= 0.6 is 0 Å². The van der Waals surface area contributed by atoms with E-state index in [0.717, 1.165) is 21.3 Å². The number of nitrogens with zero attached hydrogens (tertiary/aromatic N) is 1. The molecule has 114 valence electrons. The third-order valence-corrected chi connectivity index (χ3v) is 3.42. The van der Waals surface area contributed by atoms with Crippen LogP contribution < -0.4 is 5.56 Å². The maximum absolute atomic E-state index is 11.9. The van der Waals surface area contributed by atoms with Gasteiger partial charge in [0.05, 0.1) is 0 Å². The molecule has 0 aliphatic carbocycles. The Balaban J connectivity index is 1.73. The maximum atomic E-state index is 11.9. The van der Waals surface area contributed by atoms with Crippen LogP contribution in [0, 0.1) is 0 Å². The van der Waals surface area contributed by atoms with E-state index in [2.05, 4.69) is 0 Å². The van der Waals surface area contributed by atoms with E-state index >= 15 is 0 Å². The van der Waals surface area contributed by atoms with E-state index in [1.807, 2.05) is 54.6 Å². The number of carbonyl (C=O) groups excluding carboxylic acids is 1. The minimum atomic E-state index is -0.680. The van der Waals surface area contributed by atoms with Gasteiger partial charge in [-0.3, -0.25) is 4.79 Å². The van der Waals surface area contributed by atoms with Crippen LogP contribution in [0.2, 0.25) is 0 Å². The van der Waals surface area contributed by atoms with Crippen LogP contribution in [0.25, 0.3) is 11.1 Å². The zero-order valence-electron chi connectivity index (χ0n) is 12.4. The quantitative estimate of drug-likeness (QED) is 0.741. The number of rotatable bonds is 3. The number of hydrogen-bond acceptors (Lipinski definition) is 3. The van der Waals surface area contributed by atoms with Crippen molar-refractivity contribution in [1.82, 2.24) is 4.57 Å². The van der Waals surface area contributed by atoms with Crippen molar-refractivity contribution in [3.8, 4) is 11.1 Å². The first-order valence-corrected chi connectivity index (χ1v) is 7.23. The van der Waals surface area contributed by atoms with Gasteiger partial charge in [-0.15, -0.1) is 0 Å². The summed E-state index contributed by atoms with van der Waals surface area (Å²) < 4.78 is 6.16. The monoisotopic (exact) mass is 305 g/mol. The van der Waals surface area contributed by atoms with Crippen molar-refractivity contribution < 1.29 is 9.53 Å². The highest BCUT2D eigenvalue weighted by Gasteiger charge is 2.08. The van der Waals surface area contributed by atoms with Crippen LogP contribution in [0.1, 0.15) is 5.56 Å². The predicted octanol–water partition coefficient (Wildman–Crippen LogP) is 3.70. The Bertz CT molecular complexity index is 869. The van der Waals surface area contributed by atoms with Gasteiger partial charge in [-0.1, -0.05) is 54.6 Å². The zero-order chi connectivity index (χ0) is 16.1. The molecule has 2 aromatic carbocycles. The molecule has 23 heavy (non-hydrogen) atoms. The molecule has 0 bridgehead atoms. The molecule has 1 aromatic heterocycles. The topological polar surface area (TPSA) is 48.3 Å².